The minimum Gasteiger partial charge on any atom is -0.395 e. The highest BCUT2D eigenvalue weighted by Crippen LogP contribution is 2.29. The van der Waals surface area contributed by atoms with E-state index in [1.807, 2.05) is 18.7 Å². The number of aliphatic hydroxyl groups excluding tert-OH is 1. The number of nitrogens with zero attached hydrogens (tertiary/aromatic N) is 4. The molecule has 1 aliphatic heterocycles. The Bertz CT molecular complexity index is 558. The second kappa shape index (κ2) is 4.73. The number of hydrogen-bond acceptors (Lipinski definition) is 6. The highest BCUT2D eigenvalue weighted by Gasteiger charge is 2.29. The lowest BCUT2D eigenvalue weighted by atomic mass is 10.2. The second-order valence-corrected chi connectivity index (χ2v) is 6.23. The number of aliphatic hydroxyl groups is 1. The fourth-order valence-corrected chi connectivity index (χ4v) is 3.73. The highest BCUT2D eigenvalue weighted by molar-refractivity contribution is 7.22. The number of likely N-dealkylation sites (N-methyl/N-ethyl adjacent to an activating group) is 1. The summed E-state index contributed by atoms with van der Waals surface area (Å²) in [7, 11) is 3.97. The SMILES string of the molecule is Cc1nn(C)c2nc(N[C@@H]3C[C@@H](CO)N(C)C3)sc12. The average molecular weight is 281 g/mol. The van der Waals surface area contributed by atoms with E-state index in [9.17, 15) is 5.11 Å². The minimum absolute atomic E-state index is 0.220. The molecule has 3 rings (SSSR count). The molecule has 2 aromatic rings. The van der Waals surface area contributed by atoms with Crippen LogP contribution < -0.4 is 5.32 Å². The number of nitrogens with one attached hydrogen (secondary N) is 1. The van der Waals surface area contributed by atoms with E-state index in [0.29, 0.717) is 6.04 Å². The molecule has 0 spiro atoms. The summed E-state index contributed by atoms with van der Waals surface area (Å²) in [5, 5.41) is 18.1. The lowest BCUT2D eigenvalue weighted by molar-refractivity contribution is 0.182. The molecule has 7 heteroatoms. The summed E-state index contributed by atoms with van der Waals surface area (Å²) >= 11 is 1.66. The summed E-state index contributed by atoms with van der Waals surface area (Å²) in [6, 6.07) is 0.617. The maximum absolute atomic E-state index is 9.28. The van der Waals surface area contributed by atoms with Gasteiger partial charge in [0.05, 0.1) is 17.0 Å². The van der Waals surface area contributed by atoms with Crippen LogP contribution in [0.25, 0.3) is 10.3 Å². The quantitative estimate of drug-likeness (QED) is 0.872. The van der Waals surface area contributed by atoms with Crippen molar-refractivity contribution < 1.29 is 5.11 Å². The average Bonchev–Trinajstić information content (AvgIpc) is 2.99. The molecule has 0 amide bonds. The molecule has 2 aromatic heterocycles. The molecule has 0 unspecified atom stereocenters. The van der Waals surface area contributed by atoms with Crippen molar-refractivity contribution in [2.75, 3.05) is 25.5 Å². The third-order valence-corrected chi connectivity index (χ3v) is 4.86. The number of rotatable bonds is 3. The van der Waals surface area contributed by atoms with Gasteiger partial charge >= 0.3 is 0 Å². The molecule has 19 heavy (non-hydrogen) atoms. The van der Waals surface area contributed by atoms with Crippen molar-refractivity contribution in [1.29, 1.82) is 0 Å². The summed E-state index contributed by atoms with van der Waals surface area (Å²) < 4.78 is 2.97. The third-order valence-electron chi connectivity index (χ3n) is 3.77. The molecular formula is C12H19N5OS. The van der Waals surface area contributed by atoms with Crippen LogP contribution in [-0.4, -0.2) is 57.1 Å². The first-order chi connectivity index (χ1) is 9.08. The lowest BCUT2D eigenvalue weighted by Crippen LogP contribution is -2.28. The molecule has 6 nitrogen and oxygen atoms in total. The zero-order valence-electron chi connectivity index (χ0n) is 11.4. The van der Waals surface area contributed by atoms with Gasteiger partial charge in [-0.25, -0.2) is 9.67 Å². The van der Waals surface area contributed by atoms with Crippen molar-refractivity contribution in [2.45, 2.75) is 25.4 Å². The van der Waals surface area contributed by atoms with Crippen LogP contribution in [0.1, 0.15) is 12.1 Å². The van der Waals surface area contributed by atoms with Crippen molar-refractivity contribution in [1.82, 2.24) is 19.7 Å². The van der Waals surface area contributed by atoms with Crippen molar-refractivity contribution in [2.24, 2.45) is 7.05 Å². The van der Waals surface area contributed by atoms with Crippen LogP contribution in [0.5, 0.6) is 0 Å². The largest absolute Gasteiger partial charge is 0.395 e. The zero-order valence-corrected chi connectivity index (χ0v) is 12.2. The maximum atomic E-state index is 9.28. The molecule has 2 atom stereocenters. The van der Waals surface area contributed by atoms with Crippen LogP contribution in [-0.2, 0) is 7.05 Å². The molecule has 1 fully saturated rings. The van der Waals surface area contributed by atoms with Crippen LogP contribution in [0, 0.1) is 6.92 Å². The van der Waals surface area contributed by atoms with Gasteiger partial charge in [-0.05, 0) is 20.4 Å². The van der Waals surface area contributed by atoms with E-state index in [1.165, 1.54) is 0 Å². The Morgan fingerprint density at radius 3 is 2.89 bits per heavy atom. The molecule has 104 valence electrons. The van der Waals surface area contributed by atoms with Gasteiger partial charge in [-0.3, -0.25) is 4.90 Å². The first-order valence-corrected chi connectivity index (χ1v) is 7.28. The number of fused-ring (bicyclic) bond motifs is 1. The summed E-state index contributed by atoms with van der Waals surface area (Å²) in [4.78, 5) is 6.79. The maximum Gasteiger partial charge on any atom is 0.185 e. The zero-order chi connectivity index (χ0) is 13.6. The van der Waals surface area contributed by atoms with E-state index < -0.39 is 0 Å². The number of likely N-dealkylation sites (tertiary alicyclic amines) is 1. The number of thiazole rings is 1. The summed E-state index contributed by atoms with van der Waals surface area (Å²) in [5.74, 6) is 0. The van der Waals surface area contributed by atoms with E-state index >= 15 is 0 Å². The summed E-state index contributed by atoms with van der Waals surface area (Å²) in [6.45, 7) is 3.17. The van der Waals surface area contributed by atoms with Gasteiger partial charge in [0.1, 0.15) is 0 Å². The van der Waals surface area contributed by atoms with Crippen LogP contribution in [0.4, 0.5) is 5.13 Å². The van der Waals surface area contributed by atoms with Gasteiger partial charge < -0.3 is 10.4 Å². The van der Waals surface area contributed by atoms with Crippen molar-refractivity contribution in [3.63, 3.8) is 0 Å². The molecule has 2 N–H and O–H groups in total. The fourth-order valence-electron chi connectivity index (χ4n) is 2.72. The van der Waals surface area contributed by atoms with E-state index in [-0.39, 0.29) is 12.6 Å². The van der Waals surface area contributed by atoms with Gasteiger partial charge in [0.2, 0.25) is 0 Å². The molecule has 1 saturated heterocycles. The van der Waals surface area contributed by atoms with Crippen molar-refractivity contribution in [3.05, 3.63) is 5.69 Å². The second-order valence-electron chi connectivity index (χ2n) is 5.23. The highest BCUT2D eigenvalue weighted by atomic mass is 32.1. The summed E-state index contributed by atoms with van der Waals surface area (Å²) in [6.07, 6.45) is 0.958. The van der Waals surface area contributed by atoms with Gasteiger partial charge in [0, 0.05) is 25.7 Å². The molecule has 0 bridgehead atoms. The molecule has 0 aliphatic carbocycles. The molecule has 3 heterocycles. The number of hydrogen-bond donors (Lipinski definition) is 2. The number of aromatic nitrogens is 3. The Morgan fingerprint density at radius 1 is 1.47 bits per heavy atom. The standard InChI is InChI=1S/C12H19N5OS/c1-7-10-11(17(3)15-7)14-12(19-10)13-8-4-9(6-18)16(2)5-8/h8-9,18H,4-6H2,1-3H3,(H,13,14)/t8-,9+/m1/s1. The van der Waals surface area contributed by atoms with E-state index in [2.05, 4.69) is 27.3 Å². The third kappa shape index (κ3) is 2.22. The molecular weight excluding hydrogens is 262 g/mol. The van der Waals surface area contributed by atoms with Crippen LogP contribution in [0.3, 0.4) is 0 Å². The van der Waals surface area contributed by atoms with Crippen LogP contribution >= 0.6 is 11.3 Å². The van der Waals surface area contributed by atoms with E-state index in [4.69, 9.17) is 0 Å². The smallest absolute Gasteiger partial charge is 0.185 e. The van der Waals surface area contributed by atoms with Crippen LogP contribution in [0.15, 0.2) is 0 Å². The Kier molecular flexibility index (Phi) is 3.20. The van der Waals surface area contributed by atoms with Gasteiger partial charge in [0.15, 0.2) is 10.8 Å². The van der Waals surface area contributed by atoms with Gasteiger partial charge in [-0.1, -0.05) is 11.3 Å². The predicted molar refractivity (Wildman–Crippen MR) is 76.7 cm³/mol. The first-order valence-electron chi connectivity index (χ1n) is 6.46. The molecule has 0 aromatic carbocycles. The monoisotopic (exact) mass is 281 g/mol. The number of anilines is 1. The van der Waals surface area contributed by atoms with Gasteiger partial charge in [0.25, 0.3) is 0 Å². The number of aryl methyl sites for hydroxylation is 2. The molecule has 0 saturated carbocycles. The van der Waals surface area contributed by atoms with E-state index in [0.717, 1.165) is 34.1 Å². The normalized spacial score (nSPS) is 24.4. The lowest BCUT2D eigenvalue weighted by Gasteiger charge is -2.15. The minimum atomic E-state index is 0.220. The Balaban J connectivity index is 1.77. The fraction of sp³-hybridized carbons (Fsp3) is 0.667. The van der Waals surface area contributed by atoms with Crippen molar-refractivity contribution in [3.8, 4) is 0 Å². The Labute approximate surface area is 116 Å². The topological polar surface area (TPSA) is 66.2 Å². The molecule has 0 radical (unpaired) electrons. The van der Waals surface area contributed by atoms with Crippen molar-refractivity contribution >= 4 is 26.8 Å². The van der Waals surface area contributed by atoms with Gasteiger partial charge in [-0.2, -0.15) is 5.10 Å². The Hall–Kier alpha value is -1.18. The van der Waals surface area contributed by atoms with E-state index in [1.54, 1.807) is 11.3 Å². The Morgan fingerprint density at radius 2 is 2.26 bits per heavy atom. The molecule has 1 aliphatic rings. The first kappa shape index (κ1) is 12.8. The summed E-state index contributed by atoms with van der Waals surface area (Å²) in [5.41, 5.74) is 1.97. The van der Waals surface area contributed by atoms with Gasteiger partial charge in [-0.15, -0.1) is 0 Å². The predicted octanol–water partition coefficient (Wildman–Crippen LogP) is 0.815. The van der Waals surface area contributed by atoms with Crippen LogP contribution in [0.2, 0.25) is 0 Å².